The molecule has 0 fully saturated rings. The van der Waals surface area contributed by atoms with Crippen LogP contribution in [0.25, 0.3) is 10.9 Å². The molecule has 1 amide bonds. The number of nitrogens with two attached hydrogens (primary N) is 1. The number of nitrogens with zero attached hydrogens (tertiary/aromatic N) is 1. The second-order valence-corrected chi connectivity index (χ2v) is 6.63. The van der Waals surface area contributed by atoms with Gasteiger partial charge in [-0.1, -0.05) is 24.3 Å². The number of nitrogens with one attached hydrogen (secondary N) is 1. The molecule has 0 saturated heterocycles. The lowest BCUT2D eigenvalue weighted by Gasteiger charge is -2.08. The fraction of sp³-hybridized carbons (Fsp3) is 0.286. The number of hydrogen-bond acceptors (Lipinski definition) is 1. The molecule has 25 heavy (non-hydrogen) atoms. The summed E-state index contributed by atoms with van der Waals surface area (Å²) in [7, 11) is 0. The highest BCUT2D eigenvalue weighted by molar-refractivity contribution is 5.91. The van der Waals surface area contributed by atoms with Gasteiger partial charge in [0.25, 0.3) is 5.91 Å². The average molecular weight is 336 g/mol. The van der Waals surface area contributed by atoms with Gasteiger partial charge < -0.3 is 15.2 Å². The first-order valence-corrected chi connectivity index (χ1v) is 8.85. The summed E-state index contributed by atoms with van der Waals surface area (Å²) in [6.45, 7) is 6.45. The molecule has 0 unspecified atom stereocenters. The van der Waals surface area contributed by atoms with Gasteiger partial charge in [0, 0.05) is 30.4 Å². The molecule has 1 heterocycles. The number of carbonyl (C=O) groups is 1. The third-order valence-corrected chi connectivity index (χ3v) is 4.32. The average Bonchev–Trinajstić information content (AvgIpc) is 2.97. The van der Waals surface area contributed by atoms with Crippen LogP contribution < -0.4 is 10.6 Å². The highest BCUT2D eigenvalue weighted by atomic mass is 16.1. The van der Waals surface area contributed by atoms with Gasteiger partial charge in [0.1, 0.15) is 0 Å². The summed E-state index contributed by atoms with van der Waals surface area (Å²) in [5, 5.41) is 6.33. The Morgan fingerprint density at radius 1 is 1.08 bits per heavy atom. The van der Waals surface area contributed by atoms with Gasteiger partial charge in [0.05, 0.1) is 6.54 Å². The Balaban J connectivity index is 1.40. The van der Waals surface area contributed by atoms with Gasteiger partial charge >= 0.3 is 0 Å². The molecule has 2 aromatic carbocycles. The van der Waals surface area contributed by atoms with Crippen LogP contribution in [0.2, 0.25) is 0 Å². The van der Waals surface area contributed by atoms with E-state index in [9.17, 15) is 4.79 Å². The van der Waals surface area contributed by atoms with Crippen LogP contribution in [0.3, 0.4) is 0 Å². The number of fused-ring (bicyclic) bond motifs is 1. The van der Waals surface area contributed by atoms with Crippen molar-refractivity contribution in [2.45, 2.75) is 26.8 Å². The van der Waals surface area contributed by atoms with E-state index in [0.717, 1.165) is 25.2 Å². The summed E-state index contributed by atoms with van der Waals surface area (Å²) < 4.78 is 2.28. The van der Waals surface area contributed by atoms with Crippen LogP contribution in [0.1, 0.15) is 17.5 Å². The number of benzene rings is 2. The van der Waals surface area contributed by atoms with E-state index in [4.69, 9.17) is 0 Å². The lowest BCUT2D eigenvalue weighted by Crippen LogP contribution is -2.86. The summed E-state index contributed by atoms with van der Waals surface area (Å²) in [6.07, 6.45) is 3.17. The van der Waals surface area contributed by atoms with Crippen LogP contribution in [0, 0.1) is 13.8 Å². The highest BCUT2D eigenvalue weighted by Gasteiger charge is 2.06. The van der Waals surface area contributed by atoms with Crippen molar-refractivity contribution in [1.29, 1.82) is 0 Å². The highest BCUT2D eigenvalue weighted by Crippen LogP contribution is 2.15. The van der Waals surface area contributed by atoms with Crippen molar-refractivity contribution in [3.63, 3.8) is 0 Å². The molecule has 3 N–H and O–H groups in total. The number of amides is 1. The minimum Gasteiger partial charge on any atom is -0.347 e. The first-order chi connectivity index (χ1) is 12.1. The van der Waals surface area contributed by atoms with Crippen LogP contribution >= 0.6 is 0 Å². The molecule has 3 rings (SSSR count). The SMILES string of the molecule is Cc1cc(C)cc(NC(=O)C[NH2+]CCCn2ccc3ccccc32)c1. The topological polar surface area (TPSA) is 50.6 Å². The van der Waals surface area contributed by atoms with Crippen molar-refractivity contribution in [2.75, 3.05) is 18.4 Å². The van der Waals surface area contributed by atoms with Crippen molar-refractivity contribution in [3.8, 4) is 0 Å². The molecule has 130 valence electrons. The van der Waals surface area contributed by atoms with Crippen LogP contribution in [-0.2, 0) is 11.3 Å². The van der Waals surface area contributed by atoms with Crippen LogP contribution in [0.5, 0.6) is 0 Å². The fourth-order valence-electron chi connectivity index (χ4n) is 3.23. The number of anilines is 1. The molecule has 0 aliphatic rings. The van der Waals surface area contributed by atoms with E-state index < -0.39 is 0 Å². The molecular weight excluding hydrogens is 310 g/mol. The molecule has 0 saturated carbocycles. The van der Waals surface area contributed by atoms with Crippen molar-refractivity contribution < 1.29 is 10.1 Å². The molecule has 1 aromatic heterocycles. The summed E-state index contributed by atoms with van der Waals surface area (Å²) in [4.78, 5) is 12.1. The molecule has 4 heteroatoms. The smallest absolute Gasteiger partial charge is 0.279 e. The number of quaternary nitrogens is 1. The van der Waals surface area contributed by atoms with Crippen molar-refractivity contribution in [2.24, 2.45) is 0 Å². The molecule has 0 spiro atoms. The van der Waals surface area contributed by atoms with Gasteiger partial charge in [-0.3, -0.25) is 4.79 Å². The van der Waals surface area contributed by atoms with E-state index in [0.29, 0.717) is 6.54 Å². The normalized spacial score (nSPS) is 11.0. The Bertz CT molecular complexity index is 846. The number of para-hydroxylation sites is 1. The predicted molar refractivity (Wildman–Crippen MR) is 103 cm³/mol. The van der Waals surface area contributed by atoms with Crippen LogP contribution in [0.15, 0.2) is 54.7 Å². The maximum Gasteiger partial charge on any atom is 0.279 e. The Labute approximate surface area is 148 Å². The van der Waals surface area contributed by atoms with Gasteiger partial charge in [0.15, 0.2) is 6.54 Å². The van der Waals surface area contributed by atoms with Crippen LogP contribution in [0.4, 0.5) is 5.69 Å². The maximum absolute atomic E-state index is 12.1. The zero-order chi connectivity index (χ0) is 17.6. The molecular formula is C21H26N3O+. The zero-order valence-electron chi connectivity index (χ0n) is 15.0. The van der Waals surface area contributed by atoms with Crippen molar-refractivity contribution in [1.82, 2.24) is 4.57 Å². The minimum absolute atomic E-state index is 0.0522. The molecule has 4 nitrogen and oxygen atoms in total. The van der Waals surface area contributed by atoms with Gasteiger partial charge in [-0.25, -0.2) is 0 Å². The summed E-state index contributed by atoms with van der Waals surface area (Å²) in [6, 6.07) is 16.7. The van der Waals surface area contributed by atoms with Gasteiger partial charge in [-0.05, 0) is 54.6 Å². The standard InChI is InChI=1S/C21H25N3O/c1-16-12-17(2)14-19(13-16)23-21(25)15-22-9-5-10-24-11-8-18-6-3-4-7-20(18)24/h3-4,6-8,11-14,22H,5,9-10,15H2,1-2H3,(H,23,25)/p+1. The second kappa shape index (κ2) is 7.99. The lowest BCUT2D eigenvalue weighted by molar-refractivity contribution is -0.644. The quantitative estimate of drug-likeness (QED) is 0.641. The molecule has 3 aromatic rings. The first kappa shape index (κ1) is 17.2. The van der Waals surface area contributed by atoms with Gasteiger partial charge in [-0.2, -0.15) is 0 Å². The van der Waals surface area contributed by atoms with Crippen LogP contribution in [-0.4, -0.2) is 23.6 Å². The van der Waals surface area contributed by atoms with Gasteiger partial charge in [-0.15, -0.1) is 0 Å². The van der Waals surface area contributed by atoms with E-state index in [1.165, 1.54) is 22.0 Å². The number of rotatable bonds is 7. The third-order valence-electron chi connectivity index (χ3n) is 4.32. The largest absolute Gasteiger partial charge is 0.347 e. The zero-order valence-corrected chi connectivity index (χ0v) is 15.0. The molecule has 0 atom stereocenters. The van der Waals surface area contributed by atoms with E-state index in [-0.39, 0.29) is 5.91 Å². The Morgan fingerprint density at radius 2 is 1.84 bits per heavy atom. The molecule has 0 aliphatic heterocycles. The molecule has 0 radical (unpaired) electrons. The fourth-order valence-corrected chi connectivity index (χ4v) is 3.23. The lowest BCUT2D eigenvalue weighted by atomic mass is 10.1. The molecule has 0 bridgehead atoms. The molecule has 0 aliphatic carbocycles. The predicted octanol–water partition coefficient (Wildman–Crippen LogP) is 2.85. The van der Waals surface area contributed by atoms with E-state index in [1.807, 2.05) is 26.0 Å². The summed E-state index contributed by atoms with van der Waals surface area (Å²) in [5.74, 6) is 0.0522. The van der Waals surface area contributed by atoms with E-state index >= 15 is 0 Å². The first-order valence-electron chi connectivity index (χ1n) is 8.85. The summed E-state index contributed by atoms with van der Waals surface area (Å²) in [5.41, 5.74) is 4.49. The van der Waals surface area contributed by atoms with E-state index in [2.05, 4.69) is 57.8 Å². The van der Waals surface area contributed by atoms with Gasteiger partial charge in [0.2, 0.25) is 0 Å². The Hall–Kier alpha value is -2.59. The Morgan fingerprint density at radius 3 is 2.64 bits per heavy atom. The minimum atomic E-state index is 0.0522. The summed E-state index contributed by atoms with van der Waals surface area (Å²) >= 11 is 0. The third kappa shape index (κ3) is 4.70. The number of aryl methyl sites for hydroxylation is 3. The van der Waals surface area contributed by atoms with Crippen molar-refractivity contribution in [3.05, 3.63) is 65.9 Å². The number of hydrogen-bond donors (Lipinski definition) is 2. The van der Waals surface area contributed by atoms with Crippen molar-refractivity contribution >= 4 is 22.5 Å². The maximum atomic E-state index is 12.1. The monoisotopic (exact) mass is 336 g/mol. The number of carbonyl (C=O) groups excluding carboxylic acids is 1. The number of aromatic nitrogens is 1. The second-order valence-electron chi connectivity index (χ2n) is 6.63. The Kier molecular flexibility index (Phi) is 5.51. The van der Waals surface area contributed by atoms with E-state index in [1.54, 1.807) is 0 Å².